The van der Waals surface area contributed by atoms with Crippen molar-refractivity contribution in [3.8, 4) is 0 Å². The summed E-state index contributed by atoms with van der Waals surface area (Å²) in [6.45, 7) is 0. The van der Waals surface area contributed by atoms with E-state index in [-0.39, 0.29) is 0 Å². The highest BCUT2D eigenvalue weighted by molar-refractivity contribution is 14.1. The molecular weight excluding hydrogens is 472 g/mol. The number of nitrogens with one attached hydrogen (secondary N) is 1. The zero-order chi connectivity index (χ0) is 13.4. The number of H-pyrrole nitrogens is 1. The van der Waals surface area contributed by atoms with Crippen LogP contribution in [0.2, 0.25) is 0 Å². The number of aromatic nitrogens is 1. The molecule has 0 aliphatic rings. The first-order valence-electron chi connectivity index (χ1n) is 5.38. The van der Waals surface area contributed by atoms with Crippen molar-refractivity contribution in [1.82, 2.24) is 4.98 Å². The van der Waals surface area contributed by atoms with Crippen molar-refractivity contribution in [2.24, 2.45) is 0 Å². The fourth-order valence-electron chi connectivity index (χ4n) is 1.68. The number of halogens is 2. The molecule has 6 heteroatoms. The fraction of sp³-hybridized carbons (Fsp3) is 0. The Balaban J connectivity index is 2.57. The maximum atomic E-state index is 11.8. The standard InChI is InChI=1S/C13H7I2NO3/c14-7-5-9-12(6-8(7)15)18-10-3-1-2-4-11(10)19-13(17)16-9/h1-6H,(H,16,17). The molecule has 0 unspecified atom stereocenters. The first kappa shape index (κ1) is 13.0. The van der Waals surface area contributed by atoms with Crippen molar-refractivity contribution in [3.63, 3.8) is 0 Å². The molecule has 0 radical (unpaired) electrons. The van der Waals surface area contributed by atoms with Crippen LogP contribution in [0.15, 0.2) is 50.0 Å². The van der Waals surface area contributed by atoms with Crippen LogP contribution < -0.4 is 5.76 Å². The van der Waals surface area contributed by atoms with Crippen molar-refractivity contribution in [2.75, 3.05) is 0 Å². The van der Waals surface area contributed by atoms with Crippen LogP contribution in [0.25, 0.3) is 22.3 Å². The lowest BCUT2D eigenvalue weighted by molar-refractivity contribution is 0.524. The van der Waals surface area contributed by atoms with E-state index in [4.69, 9.17) is 8.83 Å². The van der Waals surface area contributed by atoms with Crippen LogP contribution in [0.4, 0.5) is 0 Å². The second kappa shape index (κ2) is 5.16. The van der Waals surface area contributed by atoms with Gasteiger partial charge in [0.2, 0.25) is 0 Å². The maximum absolute atomic E-state index is 11.8. The molecule has 0 saturated carbocycles. The molecule has 1 aromatic heterocycles. The third-order valence-electron chi connectivity index (χ3n) is 2.53. The van der Waals surface area contributed by atoms with Gasteiger partial charge in [-0.25, -0.2) is 4.79 Å². The molecule has 0 amide bonds. The van der Waals surface area contributed by atoms with E-state index in [1.54, 1.807) is 18.2 Å². The molecule has 0 spiro atoms. The maximum Gasteiger partial charge on any atom is 0.417 e. The lowest BCUT2D eigenvalue weighted by atomic mass is 10.3. The van der Waals surface area contributed by atoms with Crippen LogP contribution in [-0.2, 0) is 0 Å². The fourth-order valence-corrected chi connectivity index (χ4v) is 2.59. The summed E-state index contributed by atoms with van der Waals surface area (Å²) in [5, 5.41) is 0. The summed E-state index contributed by atoms with van der Waals surface area (Å²) in [7, 11) is 0. The molecule has 0 bridgehead atoms. The molecule has 2 aromatic carbocycles. The Morgan fingerprint density at radius 1 is 0.895 bits per heavy atom. The van der Waals surface area contributed by atoms with Gasteiger partial charge in [0.05, 0.1) is 5.52 Å². The molecule has 96 valence electrons. The van der Waals surface area contributed by atoms with Crippen LogP contribution in [0.5, 0.6) is 0 Å². The van der Waals surface area contributed by atoms with E-state index in [2.05, 4.69) is 50.2 Å². The molecule has 1 N–H and O–H groups in total. The Bertz CT molecular complexity index is 874. The minimum Gasteiger partial charge on any atom is -0.451 e. The van der Waals surface area contributed by atoms with E-state index < -0.39 is 5.76 Å². The summed E-state index contributed by atoms with van der Waals surface area (Å²) < 4.78 is 13.1. The molecule has 0 saturated heterocycles. The van der Waals surface area contributed by atoms with Crippen molar-refractivity contribution < 1.29 is 8.83 Å². The quantitative estimate of drug-likeness (QED) is 0.493. The minimum atomic E-state index is -0.519. The van der Waals surface area contributed by atoms with Gasteiger partial charge in [0, 0.05) is 7.14 Å². The van der Waals surface area contributed by atoms with Crippen LogP contribution in [-0.4, -0.2) is 4.98 Å². The average Bonchev–Trinajstić information content (AvgIpc) is 2.36. The summed E-state index contributed by atoms with van der Waals surface area (Å²) in [6, 6.07) is 10.8. The Morgan fingerprint density at radius 3 is 2.26 bits per heavy atom. The third kappa shape index (κ3) is 2.64. The first-order valence-corrected chi connectivity index (χ1v) is 7.54. The number of hydrogen-bond acceptors (Lipinski definition) is 3. The SMILES string of the molecule is O=c1[nH]c2cc(I)c(I)cc2oc2ccccc2o1. The third-order valence-corrected chi connectivity index (χ3v) is 5.35. The van der Waals surface area contributed by atoms with Gasteiger partial charge >= 0.3 is 5.76 Å². The van der Waals surface area contributed by atoms with Gasteiger partial charge in [-0.3, -0.25) is 4.98 Å². The number of benzene rings is 2. The summed E-state index contributed by atoms with van der Waals surface area (Å²) in [6.07, 6.45) is 0. The number of rotatable bonds is 0. The highest BCUT2D eigenvalue weighted by Gasteiger charge is 2.03. The van der Waals surface area contributed by atoms with Gasteiger partial charge in [-0.1, -0.05) is 12.1 Å². The molecule has 19 heavy (non-hydrogen) atoms. The van der Waals surface area contributed by atoms with E-state index in [9.17, 15) is 4.79 Å². The monoisotopic (exact) mass is 479 g/mol. The predicted molar refractivity (Wildman–Crippen MR) is 89.7 cm³/mol. The number of fused-ring (bicyclic) bond motifs is 2. The van der Waals surface area contributed by atoms with Crippen molar-refractivity contribution in [2.45, 2.75) is 0 Å². The summed E-state index contributed by atoms with van der Waals surface area (Å²) in [4.78, 5) is 14.4. The minimum absolute atomic E-state index is 0.402. The molecule has 3 rings (SSSR count). The predicted octanol–water partition coefficient (Wildman–Crippen LogP) is 4.20. The van der Waals surface area contributed by atoms with Crippen LogP contribution in [0, 0.1) is 7.14 Å². The second-order valence-corrected chi connectivity index (χ2v) is 6.15. The number of para-hydroxylation sites is 2. The van der Waals surface area contributed by atoms with Gasteiger partial charge in [-0.2, -0.15) is 0 Å². The molecule has 0 fully saturated rings. The highest BCUT2D eigenvalue weighted by Crippen LogP contribution is 2.22. The molecule has 1 heterocycles. The molecule has 3 aromatic rings. The van der Waals surface area contributed by atoms with Crippen molar-refractivity contribution in [3.05, 3.63) is 54.1 Å². The largest absolute Gasteiger partial charge is 0.451 e. The Labute approximate surface area is 134 Å². The molecule has 0 aliphatic carbocycles. The normalized spacial score (nSPS) is 10.8. The van der Waals surface area contributed by atoms with Gasteiger partial charge in [-0.05, 0) is 69.4 Å². The van der Waals surface area contributed by atoms with E-state index in [0.29, 0.717) is 22.3 Å². The topological polar surface area (TPSA) is 59.1 Å². The van der Waals surface area contributed by atoms with Gasteiger partial charge in [-0.15, -0.1) is 0 Å². The van der Waals surface area contributed by atoms with E-state index in [0.717, 1.165) is 7.14 Å². The second-order valence-electron chi connectivity index (χ2n) is 3.83. The summed E-state index contributed by atoms with van der Waals surface area (Å²) in [5.74, 6) is -0.519. The summed E-state index contributed by atoms with van der Waals surface area (Å²) >= 11 is 4.43. The van der Waals surface area contributed by atoms with E-state index in [1.807, 2.05) is 18.2 Å². The molecule has 0 aliphatic heterocycles. The van der Waals surface area contributed by atoms with E-state index in [1.165, 1.54) is 0 Å². The zero-order valence-corrected chi connectivity index (χ0v) is 13.8. The summed E-state index contributed by atoms with van der Waals surface area (Å²) in [5.41, 5.74) is 2.13. The smallest absolute Gasteiger partial charge is 0.417 e. The average molecular weight is 479 g/mol. The Hall–Kier alpha value is -1.03. The van der Waals surface area contributed by atoms with Gasteiger partial charge < -0.3 is 8.83 Å². The van der Waals surface area contributed by atoms with Gasteiger partial charge in [0.15, 0.2) is 16.7 Å². The Kier molecular flexibility index (Phi) is 3.52. The molecular formula is C13H7I2NO3. The van der Waals surface area contributed by atoms with Gasteiger partial charge in [0.1, 0.15) is 0 Å². The molecule has 4 nitrogen and oxygen atoms in total. The number of aromatic amines is 1. The lowest BCUT2D eigenvalue weighted by Gasteiger charge is -2.00. The lowest BCUT2D eigenvalue weighted by Crippen LogP contribution is -2.01. The number of hydrogen-bond donors (Lipinski definition) is 1. The first-order chi connectivity index (χ1) is 9.13. The van der Waals surface area contributed by atoms with Crippen molar-refractivity contribution in [1.29, 1.82) is 0 Å². The van der Waals surface area contributed by atoms with Crippen LogP contribution >= 0.6 is 45.2 Å². The van der Waals surface area contributed by atoms with Gasteiger partial charge in [0.25, 0.3) is 0 Å². The van der Waals surface area contributed by atoms with Crippen LogP contribution in [0.1, 0.15) is 0 Å². The van der Waals surface area contributed by atoms with Crippen LogP contribution in [0.3, 0.4) is 0 Å². The highest BCUT2D eigenvalue weighted by atomic mass is 127. The Morgan fingerprint density at radius 2 is 1.53 bits per heavy atom. The van der Waals surface area contributed by atoms with E-state index >= 15 is 0 Å². The van der Waals surface area contributed by atoms with Crippen molar-refractivity contribution >= 4 is 67.4 Å². The molecule has 0 atom stereocenters. The zero-order valence-electron chi connectivity index (χ0n) is 9.44.